The highest BCUT2D eigenvalue weighted by atomic mass is 16.4. The molecular weight excluding hydrogens is 260 g/mol. The quantitative estimate of drug-likeness (QED) is 0.749. The second-order valence-electron chi connectivity index (χ2n) is 5.15. The van der Waals surface area contributed by atoms with E-state index in [9.17, 15) is 14.7 Å². The molecule has 1 heterocycles. The normalized spacial score (nSPS) is 17.6. The maximum Gasteiger partial charge on any atom is 0.326 e. The van der Waals surface area contributed by atoms with Crippen LogP contribution in [-0.2, 0) is 11.2 Å². The Morgan fingerprint density at radius 2 is 2.10 bits per heavy atom. The number of aromatic amines is 1. The molecule has 0 radical (unpaired) electrons. The fraction of sp³-hybridized carbons (Fsp3) is 0.692. The summed E-state index contributed by atoms with van der Waals surface area (Å²) in [5.41, 5.74) is 0. The first-order valence-electron chi connectivity index (χ1n) is 7.06. The number of aliphatic carboxylic acids is 1. The van der Waals surface area contributed by atoms with Crippen molar-refractivity contribution in [3.05, 3.63) is 11.6 Å². The van der Waals surface area contributed by atoms with E-state index in [4.69, 9.17) is 0 Å². The fourth-order valence-corrected chi connectivity index (χ4v) is 2.61. The lowest BCUT2D eigenvalue weighted by molar-refractivity contribution is -0.141. The summed E-state index contributed by atoms with van der Waals surface area (Å²) in [5, 5.41) is 18.3. The van der Waals surface area contributed by atoms with Gasteiger partial charge in [0, 0.05) is 6.42 Å². The first kappa shape index (κ1) is 14.5. The Morgan fingerprint density at radius 3 is 2.65 bits per heavy atom. The zero-order valence-corrected chi connectivity index (χ0v) is 11.6. The Morgan fingerprint density at radius 1 is 1.40 bits per heavy atom. The molecule has 2 rings (SSSR count). The van der Waals surface area contributed by atoms with E-state index in [0.29, 0.717) is 12.2 Å². The molecule has 1 atom stereocenters. The maximum atomic E-state index is 12.0. The molecule has 1 aromatic heterocycles. The van der Waals surface area contributed by atoms with E-state index in [1.165, 1.54) is 0 Å². The lowest BCUT2D eigenvalue weighted by atomic mass is 9.84. The van der Waals surface area contributed by atoms with Gasteiger partial charge < -0.3 is 10.4 Å². The van der Waals surface area contributed by atoms with Crippen LogP contribution in [0.2, 0.25) is 0 Å². The monoisotopic (exact) mass is 280 g/mol. The zero-order chi connectivity index (χ0) is 14.5. The summed E-state index contributed by atoms with van der Waals surface area (Å²) in [6.07, 6.45) is 5.50. The van der Waals surface area contributed by atoms with Gasteiger partial charge in [0.15, 0.2) is 0 Å². The van der Waals surface area contributed by atoms with E-state index in [-0.39, 0.29) is 11.7 Å². The molecular formula is C13H20N4O3. The van der Waals surface area contributed by atoms with Gasteiger partial charge in [-0.2, -0.15) is 0 Å². The standard InChI is InChI=1S/C13H20N4O3/c1-2-9-14-11(17-16-9)12(18)15-10(13(19)20)8-6-4-3-5-7-8/h8,10H,2-7H2,1H3,(H,15,18)(H,19,20)(H,14,16,17). The molecule has 1 aromatic rings. The van der Waals surface area contributed by atoms with Gasteiger partial charge in [-0.05, 0) is 18.8 Å². The SMILES string of the molecule is CCc1nc(C(=O)NC(C(=O)O)C2CCCCC2)n[nH]1. The molecule has 1 unspecified atom stereocenters. The van der Waals surface area contributed by atoms with E-state index < -0.39 is 17.9 Å². The van der Waals surface area contributed by atoms with E-state index in [0.717, 1.165) is 32.1 Å². The maximum absolute atomic E-state index is 12.0. The smallest absolute Gasteiger partial charge is 0.326 e. The summed E-state index contributed by atoms with van der Waals surface area (Å²) in [7, 11) is 0. The number of nitrogens with one attached hydrogen (secondary N) is 2. The summed E-state index contributed by atoms with van der Waals surface area (Å²) in [5.74, 6) is -0.909. The Hall–Kier alpha value is -1.92. The minimum absolute atomic E-state index is 0.00362. The molecule has 3 N–H and O–H groups in total. The van der Waals surface area contributed by atoms with Crippen molar-refractivity contribution in [3.8, 4) is 0 Å². The van der Waals surface area contributed by atoms with Gasteiger partial charge in [-0.1, -0.05) is 26.2 Å². The molecule has 0 saturated heterocycles. The Bertz CT molecular complexity index is 480. The van der Waals surface area contributed by atoms with Crippen LogP contribution in [0.15, 0.2) is 0 Å². The zero-order valence-electron chi connectivity index (χ0n) is 11.6. The molecule has 1 amide bonds. The number of hydrogen-bond donors (Lipinski definition) is 3. The first-order valence-corrected chi connectivity index (χ1v) is 7.06. The first-order chi connectivity index (χ1) is 9.61. The lowest BCUT2D eigenvalue weighted by Gasteiger charge is -2.27. The molecule has 1 aliphatic rings. The summed E-state index contributed by atoms with van der Waals surface area (Å²) in [4.78, 5) is 27.4. The van der Waals surface area contributed by atoms with Crippen LogP contribution in [0.3, 0.4) is 0 Å². The van der Waals surface area contributed by atoms with Crippen molar-refractivity contribution in [3.63, 3.8) is 0 Å². The fourth-order valence-electron chi connectivity index (χ4n) is 2.61. The number of amides is 1. The largest absolute Gasteiger partial charge is 0.480 e. The number of H-pyrrole nitrogens is 1. The van der Waals surface area contributed by atoms with Gasteiger partial charge in [-0.3, -0.25) is 9.89 Å². The predicted molar refractivity (Wildman–Crippen MR) is 71.2 cm³/mol. The van der Waals surface area contributed by atoms with E-state index in [2.05, 4.69) is 20.5 Å². The van der Waals surface area contributed by atoms with Crippen LogP contribution < -0.4 is 5.32 Å². The van der Waals surface area contributed by atoms with Crippen molar-refractivity contribution in [2.45, 2.75) is 51.5 Å². The topological polar surface area (TPSA) is 108 Å². The van der Waals surface area contributed by atoms with Crippen molar-refractivity contribution < 1.29 is 14.7 Å². The van der Waals surface area contributed by atoms with Crippen LogP contribution in [0.25, 0.3) is 0 Å². The third kappa shape index (κ3) is 3.34. The minimum atomic E-state index is -0.989. The Balaban J connectivity index is 2.03. The number of rotatable bonds is 5. The highest BCUT2D eigenvalue weighted by Gasteiger charge is 2.31. The number of carbonyl (C=O) groups is 2. The summed E-state index contributed by atoms with van der Waals surface area (Å²) in [6.45, 7) is 1.89. The molecule has 1 fully saturated rings. The van der Waals surface area contributed by atoms with Gasteiger partial charge >= 0.3 is 5.97 Å². The number of hydrogen-bond acceptors (Lipinski definition) is 4. The van der Waals surface area contributed by atoms with E-state index >= 15 is 0 Å². The minimum Gasteiger partial charge on any atom is -0.480 e. The van der Waals surface area contributed by atoms with Crippen LogP contribution in [0.4, 0.5) is 0 Å². The lowest BCUT2D eigenvalue weighted by Crippen LogP contribution is -2.46. The molecule has 20 heavy (non-hydrogen) atoms. The van der Waals surface area contributed by atoms with Gasteiger partial charge in [0.25, 0.3) is 5.91 Å². The predicted octanol–water partition coefficient (Wildman–Crippen LogP) is 1.13. The molecule has 1 saturated carbocycles. The number of carboxylic acids is 1. The second kappa shape index (κ2) is 6.49. The molecule has 0 bridgehead atoms. The number of aryl methyl sites for hydroxylation is 1. The van der Waals surface area contributed by atoms with Gasteiger partial charge in [-0.25, -0.2) is 9.78 Å². The molecule has 1 aliphatic carbocycles. The van der Waals surface area contributed by atoms with Gasteiger partial charge in [0.1, 0.15) is 11.9 Å². The average molecular weight is 280 g/mol. The molecule has 0 aliphatic heterocycles. The molecule has 7 heteroatoms. The average Bonchev–Trinajstić information content (AvgIpc) is 2.94. The summed E-state index contributed by atoms with van der Waals surface area (Å²) in [6, 6.07) is -0.855. The Kier molecular flexibility index (Phi) is 4.70. The summed E-state index contributed by atoms with van der Waals surface area (Å²) >= 11 is 0. The van der Waals surface area contributed by atoms with Crippen LogP contribution in [-0.4, -0.2) is 38.2 Å². The number of nitrogens with zero attached hydrogens (tertiary/aromatic N) is 2. The van der Waals surface area contributed by atoms with Crippen molar-refractivity contribution in [2.75, 3.05) is 0 Å². The van der Waals surface area contributed by atoms with Gasteiger partial charge in [0.05, 0.1) is 0 Å². The van der Waals surface area contributed by atoms with Crippen molar-refractivity contribution in [2.24, 2.45) is 5.92 Å². The molecule has 7 nitrogen and oxygen atoms in total. The number of carboxylic acid groups (broad SMARTS) is 1. The van der Waals surface area contributed by atoms with E-state index in [1.807, 2.05) is 6.92 Å². The van der Waals surface area contributed by atoms with Crippen molar-refractivity contribution >= 4 is 11.9 Å². The van der Waals surface area contributed by atoms with Crippen LogP contribution in [0.5, 0.6) is 0 Å². The van der Waals surface area contributed by atoms with E-state index in [1.54, 1.807) is 0 Å². The van der Waals surface area contributed by atoms with Gasteiger partial charge in [-0.15, -0.1) is 5.10 Å². The Labute approximate surface area is 117 Å². The summed E-state index contributed by atoms with van der Waals surface area (Å²) < 4.78 is 0. The van der Waals surface area contributed by atoms with Crippen LogP contribution in [0, 0.1) is 5.92 Å². The number of aromatic nitrogens is 3. The van der Waals surface area contributed by atoms with Crippen molar-refractivity contribution in [1.82, 2.24) is 20.5 Å². The molecule has 0 aromatic carbocycles. The second-order valence-corrected chi connectivity index (χ2v) is 5.15. The molecule has 110 valence electrons. The van der Waals surface area contributed by atoms with Crippen LogP contribution >= 0.6 is 0 Å². The third-order valence-electron chi connectivity index (χ3n) is 3.74. The number of carbonyl (C=O) groups excluding carboxylic acids is 1. The highest BCUT2D eigenvalue weighted by molar-refractivity contribution is 5.93. The van der Waals surface area contributed by atoms with Gasteiger partial charge in [0.2, 0.25) is 5.82 Å². The third-order valence-corrected chi connectivity index (χ3v) is 3.74. The highest BCUT2D eigenvalue weighted by Crippen LogP contribution is 2.26. The van der Waals surface area contributed by atoms with Crippen LogP contribution in [0.1, 0.15) is 55.5 Å². The molecule has 0 spiro atoms. The van der Waals surface area contributed by atoms with Crippen molar-refractivity contribution in [1.29, 1.82) is 0 Å².